The third kappa shape index (κ3) is 6.52. The molecule has 170 valence electrons. The maximum atomic E-state index is 12.9. The van der Waals surface area contributed by atoms with Gasteiger partial charge in [-0.15, -0.1) is 0 Å². The SMILES string of the molecule is NC(=O)[C@@H](Cc1ccc(C(=O)c2ccccc2)cc1)NC(=O)Cc1cccc(C(F)(F)F)c1. The lowest BCUT2D eigenvalue weighted by atomic mass is 9.99. The average Bonchev–Trinajstić information content (AvgIpc) is 2.79. The topological polar surface area (TPSA) is 89.3 Å². The van der Waals surface area contributed by atoms with Gasteiger partial charge in [0.2, 0.25) is 11.8 Å². The van der Waals surface area contributed by atoms with E-state index in [1.54, 1.807) is 48.5 Å². The fraction of sp³-hybridized carbons (Fsp3) is 0.160. The lowest BCUT2D eigenvalue weighted by Gasteiger charge is -2.16. The minimum Gasteiger partial charge on any atom is -0.368 e. The first-order chi connectivity index (χ1) is 15.6. The normalized spacial score (nSPS) is 12.1. The highest BCUT2D eigenvalue weighted by atomic mass is 19.4. The third-order valence-electron chi connectivity index (χ3n) is 4.99. The van der Waals surface area contributed by atoms with Crippen LogP contribution in [0.3, 0.4) is 0 Å². The van der Waals surface area contributed by atoms with Crippen molar-refractivity contribution in [3.8, 4) is 0 Å². The van der Waals surface area contributed by atoms with Crippen molar-refractivity contribution in [2.75, 3.05) is 0 Å². The first-order valence-corrected chi connectivity index (χ1v) is 10.1. The van der Waals surface area contributed by atoms with Gasteiger partial charge >= 0.3 is 6.18 Å². The Morgan fingerprint density at radius 1 is 0.818 bits per heavy atom. The highest BCUT2D eigenvalue weighted by molar-refractivity contribution is 6.08. The lowest BCUT2D eigenvalue weighted by Crippen LogP contribution is -2.46. The van der Waals surface area contributed by atoms with Crippen molar-refractivity contribution in [2.45, 2.75) is 25.1 Å². The highest BCUT2D eigenvalue weighted by Crippen LogP contribution is 2.29. The molecule has 3 rings (SSSR count). The lowest BCUT2D eigenvalue weighted by molar-refractivity contribution is -0.137. The summed E-state index contributed by atoms with van der Waals surface area (Å²) < 4.78 is 38.6. The molecule has 3 aromatic carbocycles. The monoisotopic (exact) mass is 454 g/mol. The molecular formula is C25H21F3N2O3. The Bertz CT molecular complexity index is 1140. The molecule has 0 aliphatic carbocycles. The van der Waals surface area contributed by atoms with Gasteiger partial charge in [-0.1, -0.05) is 72.8 Å². The molecule has 0 radical (unpaired) electrons. The molecule has 0 unspecified atom stereocenters. The zero-order chi connectivity index (χ0) is 24.0. The average molecular weight is 454 g/mol. The number of hydrogen-bond acceptors (Lipinski definition) is 3. The number of carbonyl (C=O) groups is 3. The second kappa shape index (κ2) is 10.1. The van der Waals surface area contributed by atoms with E-state index < -0.39 is 29.6 Å². The number of rotatable bonds is 8. The summed E-state index contributed by atoms with van der Waals surface area (Å²) in [5.41, 5.74) is 6.38. The van der Waals surface area contributed by atoms with Crippen LogP contribution in [-0.2, 0) is 28.6 Å². The van der Waals surface area contributed by atoms with E-state index in [2.05, 4.69) is 5.32 Å². The van der Waals surface area contributed by atoms with E-state index in [1.807, 2.05) is 6.07 Å². The molecule has 0 heterocycles. The summed E-state index contributed by atoms with van der Waals surface area (Å²) in [6.07, 6.45) is -4.78. The maximum Gasteiger partial charge on any atom is 0.416 e. The van der Waals surface area contributed by atoms with Crippen LogP contribution in [0.25, 0.3) is 0 Å². The summed E-state index contributed by atoms with van der Waals surface area (Å²) in [7, 11) is 0. The fourth-order valence-electron chi connectivity index (χ4n) is 3.30. The van der Waals surface area contributed by atoms with Crippen molar-refractivity contribution in [3.05, 3.63) is 107 Å². The van der Waals surface area contributed by atoms with Gasteiger partial charge < -0.3 is 11.1 Å². The zero-order valence-electron chi connectivity index (χ0n) is 17.4. The number of nitrogens with two attached hydrogens (primary N) is 1. The van der Waals surface area contributed by atoms with Gasteiger partial charge in [0.25, 0.3) is 0 Å². The minimum atomic E-state index is -4.52. The van der Waals surface area contributed by atoms with E-state index in [0.717, 1.165) is 12.1 Å². The number of alkyl halides is 3. The molecular weight excluding hydrogens is 433 g/mol. The van der Waals surface area contributed by atoms with Gasteiger partial charge in [0, 0.05) is 17.5 Å². The summed E-state index contributed by atoms with van der Waals surface area (Å²) in [4.78, 5) is 36.7. The van der Waals surface area contributed by atoms with Crippen LogP contribution in [0, 0.1) is 0 Å². The number of halogens is 3. The van der Waals surface area contributed by atoms with Crippen LogP contribution < -0.4 is 11.1 Å². The van der Waals surface area contributed by atoms with E-state index in [0.29, 0.717) is 16.7 Å². The van der Waals surface area contributed by atoms with E-state index in [-0.39, 0.29) is 24.2 Å². The quantitative estimate of drug-likeness (QED) is 0.509. The van der Waals surface area contributed by atoms with Gasteiger partial charge in [0.05, 0.1) is 12.0 Å². The van der Waals surface area contributed by atoms with Crippen molar-refractivity contribution in [1.29, 1.82) is 0 Å². The van der Waals surface area contributed by atoms with Gasteiger partial charge in [-0.2, -0.15) is 13.2 Å². The molecule has 2 amide bonds. The first kappa shape index (κ1) is 23.7. The smallest absolute Gasteiger partial charge is 0.368 e. The predicted molar refractivity (Wildman–Crippen MR) is 116 cm³/mol. The summed E-state index contributed by atoms with van der Waals surface area (Å²) in [6.45, 7) is 0. The van der Waals surface area contributed by atoms with Gasteiger partial charge in [0.1, 0.15) is 6.04 Å². The summed E-state index contributed by atoms with van der Waals surface area (Å²) >= 11 is 0. The zero-order valence-corrected chi connectivity index (χ0v) is 17.4. The molecule has 0 saturated heterocycles. The van der Waals surface area contributed by atoms with Gasteiger partial charge in [-0.25, -0.2) is 0 Å². The van der Waals surface area contributed by atoms with Crippen molar-refractivity contribution in [3.63, 3.8) is 0 Å². The van der Waals surface area contributed by atoms with Gasteiger partial charge in [-0.3, -0.25) is 14.4 Å². The van der Waals surface area contributed by atoms with E-state index in [1.165, 1.54) is 12.1 Å². The molecule has 5 nitrogen and oxygen atoms in total. The van der Waals surface area contributed by atoms with Crippen LogP contribution in [-0.4, -0.2) is 23.6 Å². The third-order valence-corrected chi connectivity index (χ3v) is 4.99. The highest BCUT2D eigenvalue weighted by Gasteiger charge is 2.30. The minimum absolute atomic E-state index is 0.0729. The number of hydrogen-bond donors (Lipinski definition) is 2. The Labute approximate surface area is 188 Å². The molecule has 3 aromatic rings. The summed E-state index contributed by atoms with van der Waals surface area (Å²) in [5.74, 6) is -1.56. The van der Waals surface area contributed by atoms with Crippen molar-refractivity contribution >= 4 is 17.6 Å². The molecule has 33 heavy (non-hydrogen) atoms. The molecule has 0 saturated carbocycles. The van der Waals surface area contributed by atoms with E-state index in [4.69, 9.17) is 5.73 Å². The largest absolute Gasteiger partial charge is 0.416 e. The van der Waals surface area contributed by atoms with Crippen LogP contribution in [0.5, 0.6) is 0 Å². The number of carbonyl (C=O) groups excluding carboxylic acids is 3. The molecule has 0 fully saturated rings. The standard InChI is InChI=1S/C25H21F3N2O3/c26-25(27,28)20-8-4-5-17(13-20)15-22(31)30-21(24(29)33)14-16-9-11-19(12-10-16)23(32)18-6-2-1-3-7-18/h1-13,21H,14-15H2,(H2,29,33)(H,30,31)/t21-/m1/s1. The second-order valence-corrected chi connectivity index (χ2v) is 7.49. The fourth-order valence-corrected chi connectivity index (χ4v) is 3.30. The number of benzene rings is 3. The Morgan fingerprint density at radius 2 is 1.45 bits per heavy atom. The summed E-state index contributed by atoms with van der Waals surface area (Å²) in [5, 5.41) is 2.47. The van der Waals surface area contributed by atoms with Crippen LogP contribution in [0.4, 0.5) is 13.2 Å². The second-order valence-electron chi connectivity index (χ2n) is 7.49. The molecule has 0 aromatic heterocycles. The molecule has 0 spiro atoms. The van der Waals surface area contributed by atoms with Crippen molar-refractivity contribution in [1.82, 2.24) is 5.32 Å². The summed E-state index contributed by atoms with van der Waals surface area (Å²) in [6, 6.07) is 18.7. The molecule has 0 bridgehead atoms. The van der Waals surface area contributed by atoms with Crippen LogP contribution >= 0.6 is 0 Å². The molecule has 1 atom stereocenters. The Kier molecular flexibility index (Phi) is 7.27. The number of amides is 2. The maximum absolute atomic E-state index is 12.9. The Morgan fingerprint density at radius 3 is 2.06 bits per heavy atom. The van der Waals surface area contributed by atoms with Crippen molar-refractivity contribution < 1.29 is 27.6 Å². The van der Waals surface area contributed by atoms with Gasteiger partial charge in [0.15, 0.2) is 5.78 Å². The molecule has 8 heteroatoms. The molecule has 3 N–H and O–H groups in total. The van der Waals surface area contributed by atoms with Crippen molar-refractivity contribution in [2.24, 2.45) is 5.73 Å². The van der Waals surface area contributed by atoms with E-state index >= 15 is 0 Å². The molecule has 0 aliphatic heterocycles. The number of nitrogens with one attached hydrogen (secondary N) is 1. The predicted octanol–water partition coefficient (Wildman–Crippen LogP) is 3.69. The van der Waals surface area contributed by atoms with Crippen LogP contribution in [0.15, 0.2) is 78.9 Å². The number of ketones is 1. The Balaban J connectivity index is 1.64. The first-order valence-electron chi connectivity index (χ1n) is 10.1. The Hall–Kier alpha value is -3.94. The number of primary amides is 1. The van der Waals surface area contributed by atoms with Crippen LogP contribution in [0.2, 0.25) is 0 Å². The molecule has 0 aliphatic rings. The van der Waals surface area contributed by atoms with Gasteiger partial charge in [-0.05, 0) is 17.2 Å². The van der Waals surface area contributed by atoms with Crippen LogP contribution in [0.1, 0.15) is 32.6 Å². The van der Waals surface area contributed by atoms with E-state index in [9.17, 15) is 27.6 Å².